The van der Waals surface area contributed by atoms with Crippen LogP contribution in [0.25, 0.3) is 6.08 Å². The predicted octanol–water partition coefficient (Wildman–Crippen LogP) is 4.14. The molecule has 15 heavy (non-hydrogen) atoms. The summed E-state index contributed by atoms with van der Waals surface area (Å²) in [6.45, 7) is 9.27. The quantitative estimate of drug-likeness (QED) is 0.719. The van der Waals surface area contributed by atoms with Crippen molar-refractivity contribution in [2.45, 2.75) is 27.7 Å². The smallest absolute Gasteiger partial charge is 0.126 e. The first kappa shape index (κ1) is 11.8. The first-order valence-electron chi connectivity index (χ1n) is 5.37. The van der Waals surface area contributed by atoms with Crippen LogP contribution < -0.4 is 4.74 Å². The number of hydrogen-bond acceptors (Lipinski definition) is 1. The molecule has 82 valence electrons. The Morgan fingerprint density at radius 2 is 1.87 bits per heavy atom. The number of rotatable bonds is 3. The average Bonchev–Trinajstić information content (AvgIpc) is 2.16. The van der Waals surface area contributed by atoms with Crippen molar-refractivity contribution in [3.63, 3.8) is 0 Å². The molecule has 0 bridgehead atoms. The first-order valence-corrected chi connectivity index (χ1v) is 5.37. The summed E-state index contributed by atoms with van der Waals surface area (Å²) in [5, 5.41) is 0. The Bertz CT molecular complexity index is 331. The maximum Gasteiger partial charge on any atom is 0.126 e. The predicted molar refractivity (Wildman–Crippen MR) is 66.1 cm³/mol. The Labute approximate surface area is 92.8 Å². The van der Waals surface area contributed by atoms with Crippen molar-refractivity contribution >= 4 is 6.08 Å². The van der Waals surface area contributed by atoms with Crippen LogP contribution in [0.2, 0.25) is 0 Å². The van der Waals surface area contributed by atoms with E-state index in [0.29, 0.717) is 0 Å². The molecular weight excluding hydrogens is 184 g/mol. The van der Waals surface area contributed by atoms with Gasteiger partial charge in [0.15, 0.2) is 0 Å². The summed E-state index contributed by atoms with van der Waals surface area (Å²) in [4.78, 5) is 0. The number of para-hydroxylation sites is 1. The molecule has 0 heterocycles. The topological polar surface area (TPSA) is 9.23 Å². The van der Waals surface area contributed by atoms with Crippen molar-refractivity contribution in [1.82, 2.24) is 0 Å². The summed E-state index contributed by atoms with van der Waals surface area (Å²) in [7, 11) is 0. The standard InChI is InChI=1S/C14H20O/c1-5-8-12-9-6-7-10-13(12)15-11-14(2,3)4/h5-10H,11H2,1-4H3/b8-5+. The van der Waals surface area contributed by atoms with Gasteiger partial charge in [-0.15, -0.1) is 0 Å². The van der Waals surface area contributed by atoms with Crippen molar-refractivity contribution < 1.29 is 4.74 Å². The number of ether oxygens (including phenoxy) is 1. The molecule has 1 rings (SSSR count). The molecule has 0 N–H and O–H groups in total. The van der Waals surface area contributed by atoms with Gasteiger partial charge in [-0.1, -0.05) is 51.1 Å². The molecule has 1 heteroatoms. The van der Waals surface area contributed by atoms with E-state index in [-0.39, 0.29) is 5.41 Å². The van der Waals surface area contributed by atoms with Gasteiger partial charge in [0.25, 0.3) is 0 Å². The third kappa shape index (κ3) is 4.20. The Balaban J connectivity index is 2.76. The monoisotopic (exact) mass is 204 g/mol. The van der Waals surface area contributed by atoms with E-state index >= 15 is 0 Å². The van der Waals surface area contributed by atoms with Gasteiger partial charge in [0.05, 0.1) is 6.61 Å². The van der Waals surface area contributed by atoms with Gasteiger partial charge in [0.1, 0.15) is 5.75 Å². The molecule has 0 fully saturated rings. The highest BCUT2D eigenvalue weighted by Crippen LogP contribution is 2.22. The van der Waals surface area contributed by atoms with E-state index in [1.807, 2.05) is 31.2 Å². The molecule has 0 aromatic heterocycles. The summed E-state index contributed by atoms with van der Waals surface area (Å²) in [5.74, 6) is 0.963. The van der Waals surface area contributed by atoms with Gasteiger partial charge in [-0.3, -0.25) is 0 Å². The molecule has 0 saturated carbocycles. The van der Waals surface area contributed by atoms with Crippen LogP contribution in [0.1, 0.15) is 33.3 Å². The minimum atomic E-state index is 0.197. The number of benzene rings is 1. The first-order chi connectivity index (χ1) is 7.03. The molecule has 0 aliphatic heterocycles. The van der Waals surface area contributed by atoms with Crippen LogP contribution in [-0.4, -0.2) is 6.61 Å². The Hall–Kier alpha value is -1.24. The number of hydrogen-bond donors (Lipinski definition) is 0. The lowest BCUT2D eigenvalue weighted by atomic mass is 9.98. The van der Waals surface area contributed by atoms with Crippen LogP contribution in [0.3, 0.4) is 0 Å². The minimum absolute atomic E-state index is 0.197. The van der Waals surface area contributed by atoms with E-state index in [9.17, 15) is 0 Å². The maximum absolute atomic E-state index is 5.80. The molecule has 1 aromatic rings. The van der Waals surface area contributed by atoms with Crippen molar-refractivity contribution in [2.75, 3.05) is 6.61 Å². The minimum Gasteiger partial charge on any atom is -0.492 e. The van der Waals surface area contributed by atoms with Gasteiger partial charge in [0, 0.05) is 5.56 Å². The van der Waals surface area contributed by atoms with Crippen LogP contribution in [0.4, 0.5) is 0 Å². The highest BCUT2D eigenvalue weighted by atomic mass is 16.5. The molecule has 0 amide bonds. The summed E-state index contributed by atoms with van der Waals surface area (Å²) in [5.41, 5.74) is 1.34. The van der Waals surface area contributed by atoms with Crippen LogP contribution in [0.5, 0.6) is 5.75 Å². The number of allylic oxidation sites excluding steroid dienone is 1. The van der Waals surface area contributed by atoms with E-state index < -0.39 is 0 Å². The lowest BCUT2D eigenvalue weighted by Crippen LogP contribution is -2.17. The molecule has 0 spiro atoms. The Morgan fingerprint density at radius 3 is 2.47 bits per heavy atom. The molecule has 0 unspecified atom stereocenters. The van der Waals surface area contributed by atoms with E-state index in [2.05, 4.69) is 32.9 Å². The van der Waals surface area contributed by atoms with Gasteiger partial charge >= 0.3 is 0 Å². The molecule has 1 nitrogen and oxygen atoms in total. The second kappa shape index (κ2) is 5.01. The van der Waals surface area contributed by atoms with Crippen molar-refractivity contribution in [1.29, 1.82) is 0 Å². The van der Waals surface area contributed by atoms with E-state index in [4.69, 9.17) is 4.74 Å². The second-order valence-corrected chi connectivity index (χ2v) is 4.89. The van der Waals surface area contributed by atoms with Gasteiger partial charge in [-0.05, 0) is 18.4 Å². The van der Waals surface area contributed by atoms with Crippen LogP contribution in [0, 0.1) is 5.41 Å². The molecule has 0 aliphatic rings. The van der Waals surface area contributed by atoms with Crippen molar-refractivity contribution in [3.8, 4) is 5.75 Å². The summed E-state index contributed by atoms with van der Waals surface area (Å²) in [6.07, 6.45) is 4.09. The highest BCUT2D eigenvalue weighted by molar-refractivity contribution is 5.56. The average molecular weight is 204 g/mol. The zero-order valence-corrected chi connectivity index (χ0v) is 10.1. The fourth-order valence-electron chi connectivity index (χ4n) is 1.22. The molecular formula is C14H20O. The van der Waals surface area contributed by atoms with Crippen LogP contribution >= 0.6 is 0 Å². The Morgan fingerprint density at radius 1 is 1.20 bits per heavy atom. The van der Waals surface area contributed by atoms with Crippen LogP contribution in [-0.2, 0) is 0 Å². The Kier molecular flexibility index (Phi) is 3.96. The van der Waals surface area contributed by atoms with Gasteiger partial charge < -0.3 is 4.74 Å². The van der Waals surface area contributed by atoms with Crippen LogP contribution in [0.15, 0.2) is 30.3 Å². The summed E-state index contributed by atoms with van der Waals surface area (Å²) >= 11 is 0. The lowest BCUT2D eigenvalue weighted by molar-refractivity contribution is 0.197. The van der Waals surface area contributed by atoms with Gasteiger partial charge in [-0.2, -0.15) is 0 Å². The molecule has 0 aliphatic carbocycles. The molecule has 1 aromatic carbocycles. The van der Waals surface area contributed by atoms with E-state index in [0.717, 1.165) is 17.9 Å². The summed E-state index contributed by atoms with van der Waals surface area (Å²) < 4.78 is 5.80. The maximum atomic E-state index is 5.80. The molecule has 0 radical (unpaired) electrons. The van der Waals surface area contributed by atoms with Gasteiger partial charge in [-0.25, -0.2) is 0 Å². The van der Waals surface area contributed by atoms with E-state index in [1.54, 1.807) is 0 Å². The van der Waals surface area contributed by atoms with Gasteiger partial charge in [0.2, 0.25) is 0 Å². The van der Waals surface area contributed by atoms with Crippen molar-refractivity contribution in [3.05, 3.63) is 35.9 Å². The highest BCUT2D eigenvalue weighted by Gasteiger charge is 2.11. The molecule has 0 atom stereocenters. The zero-order chi connectivity index (χ0) is 11.3. The largest absolute Gasteiger partial charge is 0.492 e. The van der Waals surface area contributed by atoms with E-state index in [1.165, 1.54) is 0 Å². The fourth-order valence-corrected chi connectivity index (χ4v) is 1.22. The SMILES string of the molecule is C/C=C/c1ccccc1OCC(C)(C)C. The second-order valence-electron chi connectivity index (χ2n) is 4.89. The van der Waals surface area contributed by atoms with Crippen molar-refractivity contribution in [2.24, 2.45) is 5.41 Å². The fraction of sp³-hybridized carbons (Fsp3) is 0.429. The summed E-state index contributed by atoms with van der Waals surface area (Å²) in [6, 6.07) is 8.11. The zero-order valence-electron chi connectivity index (χ0n) is 10.1. The third-order valence-electron chi connectivity index (χ3n) is 1.93. The third-order valence-corrected chi connectivity index (χ3v) is 1.93. The normalized spacial score (nSPS) is 12.0. The molecule has 0 saturated heterocycles. The lowest BCUT2D eigenvalue weighted by Gasteiger charge is -2.19.